The van der Waals surface area contributed by atoms with Crippen LogP contribution in [0.3, 0.4) is 0 Å². The lowest BCUT2D eigenvalue weighted by Gasteiger charge is -2.20. The molecule has 4 rings (SSSR count). The van der Waals surface area contributed by atoms with E-state index < -0.39 is 0 Å². The van der Waals surface area contributed by atoms with Gasteiger partial charge >= 0.3 is 0 Å². The zero-order valence-electron chi connectivity index (χ0n) is 15.7. The first-order valence-corrected chi connectivity index (χ1v) is 9.39. The van der Waals surface area contributed by atoms with E-state index in [2.05, 4.69) is 15.4 Å². The fraction of sp³-hybridized carbons (Fsp3) is 0.238. The van der Waals surface area contributed by atoms with Crippen LogP contribution in [0.5, 0.6) is 0 Å². The van der Waals surface area contributed by atoms with Gasteiger partial charge in [0, 0.05) is 44.6 Å². The lowest BCUT2D eigenvalue weighted by atomic mass is 10.2. The van der Waals surface area contributed by atoms with Crippen molar-refractivity contribution in [1.29, 1.82) is 0 Å². The Bertz CT molecular complexity index is 1020. The maximum Gasteiger partial charge on any atom is 0.272 e. The number of carbonyl (C=O) groups excluding carboxylic acids is 2. The molecule has 7 nitrogen and oxygen atoms in total. The number of aromatic nitrogens is 3. The van der Waals surface area contributed by atoms with Gasteiger partial charge in [-0.3, -0.25) is 19.3 Å². The lowest BCUT2D eigenvalue weighted by Crippen LogP contribution is -2.30. The highest BCUT2D eigenvalue weighted by molar-refractivity contribution is 5.98. The zero-order valence-corrected chi connectivity index (χ0v) is 15.7. The Kier molecular flexibility index (Phi) is 5.33. The minimum atomic E-state index is -0.340. The average molecular weight is 393 g/mol. The minimum absolute atomic E-state index is 0.189. The van der Waals surface area contributed by atoms with Gasteiger partial charge in [-0.25, -0.2) is 4.39 Å². The summed E-state index contributed by atoms with van der Waals surface area (Å²) < 4.78 is 14.7. The summed E-state index contributed by atoms with van der Waals surface area (Å²) in [6, 6.07) is 11.3. The molecule has 0 radical (unpaired) electrons. The SMILES string of the molecule is O=C(NCc1cccnc1)c1cc2n(n1)CCCN(Cc1ccc(F)cc1)C2=O. The van der Waals surface area contributed by atoms with Gasteiger partial charge in [-0.2, -0.15) is 5.10 Å². The molecular formula is C21H20FN5O2. The molecule has 0 saturated carbocycles. The van der Waals surface area contributed by atoms with E-state index in [4.69, 9.17) is 0 Å². The number of rotatable bonds is 5. The third kappa shape index (κ3) is 4.31. The number of benzene rings is 1. The molecule has 0 fully saturated rings. The maximum atomic E-state index is 13.1. The van der Waals surface area contributed by atoms with Crippen LogP contribution in [0.1, 0.15) is 38.5 Å². The van der Waals surface area contributed by atoms with Crippen LogP contribution in [0.25, 0.3) is 0 Å². The Labute approximate surface area is 167 Å². The van der Waals surface area contributed by atoms with Crippen molar-refractivity contribution < 1.29 is 14.0 Å². The van der Waals surface area contributed by atoms with Gasteiger partial charge in [0.05, 0.1) is 0 Å². The van der Waals surface area contributed by atoms with Crippen molar-refractivity contribution in [2.45, 2.75) is 26.1 Å². The molecule has 0 bridgehead atoms. The van der Waals surface area contributed by atoms with Crippen LogP contribution >= 0.6 is 0 Å². The number of fused-ring (bicyclic) bond motifs is 1. The van der Waals surface area contributed by atoms with E-state index in [1.54, 1.807) is 40.2 Å². The Balaban J connectivity index is 1.47. The summed E-state index contributed by atoms with van der Waals surface area (Å²) in [5.41, 5.74) is 2.32. The third-order valence-corrected chi connectivity index (χ3v) is 4.78. The molecule has 0 saturated heterocycles. The zero-order chi connectivity index (χ0) is 20.2. The molecule has 3 heterocycles. The van der Waals surface area contributed by atoms with Gasteiger partial charge in [-0.05, 0) is 35.7 Å². The number of halogens is 1. The van der Waals surface area contributed by atoms with Gasteiger partial charge in [-0.1, -0.05) is 18.2 Å². The monoisotopic (exact) mass is 393 g/mol. The molecule has 0 unspecified atom stereocenters. The smallest absolute Gasteiger partial charge is 0.272 e. The molecule has 3 aromatic rings. The highest BCUT2D eigenvalue weighted by atomic mass is 19.1. The summed E-state index contributed by atoms with van der Waals surface area (Å²) in [6.07, 6.45) is 4.07. The largest absolute Gasteiger partial charge is 0.347 e. The Morgan fingerprint density at radius 1 is 1.14 bits per heavy atom. The molecule has 8 heteroatoms. The van der Waals surface area contributed by atoms with E-state index in [1.165, 1.54) is 18.2 Å². The van der Waals surface area contributed by atoms with Gasteiger partial charge in [0.15, 0.2) is 5.69 Å². The Hall–Kier alpha value is -3.55. The summed E-state index contributed by atoms with van der Waals surface area (Å²) in [4.78, 5) is 31.2. The number of pyridine rings is 1. The first kappa shape index (κ1) is 18.8. The highest BCUT2D eigenvalue weighted by Gasteiger charge is 2.26. The van der Waals surface area contributed by atoms with Crippen LogP contribution in [0.15, 0.2) is 54.9 Å². The van der Waals surface area contributed by atoms with E-state index >= 15 is 0 Å². The summed E-state index contributed by atoms with van der Waals surface area (Å²) in [5, 5.41) is 7.11. The molecule has 1 aliphatic heterocycles. The summed E-state index contributed by atoms with van der Waals surface area (Å²) in [7, 11) is 0. The van der Waals surface area contributed by atoms with Gasteiger partial charge < -0.3 is 10.2 Å². The van der Waals surface area contributed by atoms with Crippen LogP contribution in [-0.2, 0) is 19.6 Å². The standard InChI is InChI=1S/C21H20FN5O2/c22-17-6-4-15(5-7-17)14-26-9-2-10-27-19(21(26)29)11-18(25-27)20(28)24-13-16-3-1-8-23-12-16/h1,3-8,11-12H,2,9-10,13-14H2,(H,24,28). The highest BCUT2D eigenvalue weighted by Crippen LogP contribution is 2.17. The molecule has 0 aliphatic carbocycles. The number of carbonyl (C=O) groups is 2. The van der Waals surface area contributed by atoms with Crippen LogP contribution in [-0.4, -0.2) is 38.0 Å². The van der Waals surface area contributed by atoms with Crippen LogP contribution in [0.4, 0.5) is 4.39 Å². The molecular weight excluding hydrogens is 373 g/mol. The second kappa shape index (κ2) is 8.22. The van der Waals surface area contributed by atoms with Crippen molar-refractivity contribution in [3.63, 3.8) is 0 Å². The topological polar surface area (TPSA) is 80.1 Å². The van der Waals surface area contributed by atoms with Crippen LogP contribution in [0.2, 0.25) is 0 Å². The number of aryl methyl sites for hydroxylation is 1. The van der Waals surface area contributed by atoms with Gasteiger partial charge in [0.1, 0.15) is 11.5 Å². The van der Waals surface area contributed by atoms with E-state index in [9.17, 15) is 14.0 Å². The fourth-order valence-corrected chi connectivity index (χ4v) is 3.28. The van der Waals surface area contributed by atoms with Gasteiger partial charge in [0.25, 0.3) is 11.8 Å². The normalized spacial score (nSPS) is 13.7. The number of hydrogen-bond acceptors (Lipinski definition) is 4. The number of amides is 2. The minimum Gasteiger partial charge on any atom is -0.347 e. The number of nitrogens with zero attached hydrogens (tertiary/aromatic N) is 4. The predicted molar refractivity (Wildman–Crippen MR) is 103 cm³/mol. The van der Waals surface area contributed by atoms with Crippen molar-refractivity contribution in [3.05, 3.63) is 83.2 Å². The first-order chi connectivity index (χ1) is 14.1. The summed E-state index contributed by atoms with van der Waals surface area (Å²) >= 11 is 0. The average Bonchev–Trinajstić information content (AvgIpc) is 3.11. The Morgan fingerprint density at radius 2 is 1.97 bits per heavy atom. The van der Waals surface area contributed by atoms with E-state index in [0.29, 0.717) is 31.9 Å². The molecule has 0 spiro atoms. The van der Waals surface area contributed by atoms with Crippen LogP contribution < -0.4 is 5.32 Å². The Morgan fingerprint density at radius 3 is 2.72 bits per heavy atom. The molecule has 2 aromatic heterocycles. The van der Waals surface area contributed by atoms with E-state index in [-0.39, 0.29) is 23.3 Å². The van der Waals surface area contributed by atoms with Crippen molar-refractivity contribution >= 4 is 11.8 Å². The molecule has 2 amide bonds. The maximum absolute atomic E-state index is 13.1. The summed E-state index contributed by atoms with van der Waals surface area (Å²) in [6.45, 7) is 1.84. The van der Waals surface area contributed by atoms with E-state index in [0.717, 1.165) is 17.5 Å². The third-order valence-electron chi connectivity index (χ3n) is 4.78. The number of hydrogen-bond donors (Lipinski definition) is 1. The second-order valence-electron chi connectivity index (χ2n) is 6.89. The van der Waals surface area contributed by atoms with Crippen molar-refractivity contribution in [1.82, 2.24) is 25.0 Å². The second-order valence-corrected chi connectivity index (χ2v) is 6.89. The quantitative estimate of drug-likeness (QED) is 0.722. The van der Waals surface area contributed by atoms with Crippen molar-refractivity contribution in [3.8, 4) is 0 Å². The fourth-order valence-electron chi connectivity index (χ4n) is 3.28. The predicted octanol–water partition coefficient (Wildman–Crippen LogP) is 2.39. The van der Waals surface area contributed by atoms with E-state index in [1.807, 2.05) is 6.07 Å². The van der Waals surface area contributed by atoms with Gasteiger partial charge in [-0.15, -0.1) is 0 Å². The van der Waals surface area contributed by atoms with Crippen LogP contribution in [0, 0.1) is 5.82 Å². The molecule has 148 valence electrons. The molecule has 1 N–H and O–H groups in total. The molecule has 0 atom stereocenters. The molecule has 1 aliphatic rings. The molecule has 29 heavy (non-hydrogen) atoms. The van der Waals surface area contributed by atoms with Gasteiger partial charge in [0.2, 0.25) is 0 Å². The van der Waals surface area contributed by atoms with Crippen molar-refractivity contribution in [2.75, 3.05) is 6.54 Å². The summed E-state index contributed by atoms with van der Waals surface area (Å²) in [5.74, 6) is -0.839. The molecule has 1 aromatic carbocycles. The first-order valence-electron chi connectivity index (χ1n) is 9.39. The van der Waals surface area contributed by atoms with Crippen molar-refractivity contribution in [2.24, 2.45) is 0 Å². The number of nitrogens with one attached hydrogen (secondary N) is 1. The lowest BCUT2D eigenvalue weighted by molar-refractivity contribution is 0.0745.